The minimum Gasteiger partial charge on any atom is -0.507 e. The molecular formula is C32H34ClNO4. The molecule has 0 saturated carbocycles. The monoisotopic (exact) mass is 531 g/mol. The normalized spacial score (nSPS) is 17.4. The number of aliphatic hydroxyl groups excluding tert-OH is 1. The lowest BCUT2D eigenvalue weighted by Crippen LogP contribution is -2.30. The topological polar surface area (TPSA) is 66.8 Å². The van der Waals surface area contributed by atoms with E-state index >= 15 is 0 Å². The number of carbonyl (C=O) groups excluding carboxylic acids is 2. The fraction of sp³-hybridized carbons (Fsp3) is 0.312. The van der Waals surface area contributed by atoms with Crippen LogP contribution in [0.15, 0.2) is 72.3 Å². The van der Waals surface area contributed by atoms with Gasteiger partial charge < -0.3 is 9.84 Å². The van der Waals surface area contributed by atoms with Gasteiger partial charge in [-0.2, -0.15) is 0 Å². The standard InChI is InChI=1S/C32H34ClNO4/c1-19(2)18-38-25-14-9-22(10-15-25)29(35)27-28(21-7-11-23(12-8-21)32(4,5)6)34(31(37)30(27)36)26-16-13-24(33)17-20(26)3/h7-17,19,28,35H,18H2,1-6H3/b29-27+. The minimum atomic E-state index is -0.805. The van der Waals surface area contributed by atoms with Gasteiger partial charge >= 0.3 is 0 Å². The predicted octanol–water partition coefficient (Wildman–Crippen LogP) is 7.61. The van der Waals surface area contributed by atoms with E-state index in [0.29, 0.717) is 34.5 Å². The van der Waals surface area contributed by atoms with Gasteiger partial charge in [0.25, 0.3) is 11.7 Å². The Kier molecular flexibility index (Phi) is 7.70. The first kappa shape index (κ1) is 27.5. The van der Waals surface area contributed by atoms with Crippen molar-refractivity contribution in [3.63, 3.8) is 0 Å². The van der Waals surface area contributed by atoms with Crippen molar-refractivity contribution in [2.75, 3.05) is 11.5 Å². The Hall–Kier alpha value is -3.57. The maximum Gasteiger partial charge on any atom is 0.300 e. The zero-order valence-corrected chi connectivity index (χ0v) is 23.5. The van der Waals surface area contributed by atoms with Crippen molar-refractivity contribution in [3.05, 3.63) is 99.6 Å². The molecule has 1 amide bonds. The molecule has 198 valence electrons. The molecule has 0 aliphatic carbocycles. The Bertz CT molecular complexity index is 1380. The molecule has 1 saturated heterocycles. The Morgan fingerprint density at radius 1 is 1.00 bits per heavy atom. The average molecular weight is 532 g/mol. The van der Waals surface area contributed by atoms with Gasteiger partial charge in [0.15, 0.2) is 0 Å². The summed E-state index contributed by atoms with van der Waals surface area (Å²) in [5, 5.41) is 12.0. The van der Waals surface area contributed by atoms with Crippen LogP contribution in [0.3, 0.4) is 0 Å². The highest BCUT2D eigenvalue weighted by Gasteiger charge is 2.47. The van der Waals surface area contributed by atoms with E-state index < -0.39 is 17.7 Å². The van der Waals surface area contributed by atoms with E-state index in [9.17, 15) is 14.7 Å². The summed E-state index contributed by atoms with van der Waals surface area (Å²) in [6.07, 6.45) is 0. The number of aryl methyl sites for hydroxylation is 1. The van der Waals surface area contributed by atoms with E-state index in [-0.39, 0.29) is 16.7 Å². The Balaban J connectivity index is 1.85. The summed E-state index contributed by atoms with van der Waals surface area (Å²) in [5.41, 5.74) is 3.59. The molecule has 38 heavy (non-hydrogen) atoms. The smallest absolute Gasteiger partial charge is 0.300 e. The van der Waals surface area contributed by atoms with Crippen LogP contribution >= 0.6 is 11.6 Å². The number of benzene rings is 3. The number of rotatable bonds is 6. The van der Waals surface area contributed by atoms with Gasteiger partial charge in [0.05, 0.1) is 18.2 Å². The average Bonchev–Trinajstić information content (AvgIpc) is 3.12. The molecule has 1 N–H and O–H groups in total. The first-order chi connectivity index (χ1) is 17.9. The molecule has 0 spiro atoms. The number of nitrogens with zero attached hydrogens (tertiary/aromatic N) is 1. The van der Waals surface area contributed by atoms with Gasteiger partial charge in [-0.1, -0.05) is 70.5 Å². The van der Waals surface area contributed by atoms with Crippen LogP contribution in [0, 0.1) is 12.8 Å². The predicted molar refractivity (Wildman–Crippen MR) is 153 cm³/mol. The van der Waals surface area contributed by atoms with Gasteiger partial charge in [-0.05, 0) is 77.4 Å². The summed E-state index contributed by atoms with van der Waals surface area (Å²) >= 11 is 6.18. The molecule has 3 aromatic carbocycles. The Labute approximate surface area is 229 Å². The van der Waals surface area contributed by atoms with Crippen molar-refractivity contribution in [2.24, 2.45) is 5.92 Å². The molecule has 6 heteroatoms. The fourth-order valence-electron chi connectivity index (χ4n) is 4.58. The number of hydrogen-bond donors (Lipinski definition) is 1. The molecule has 0 bridgehead atoms. The Morgan fingerprint density at radius 3 is 2.18 bits per heavy atom. The summed E-state index contributed by atoms with van der Waals surface area (Å²) < 4.78 is 5.75. The molecule has 4 rings (SSSR count). The molecular weight excluding hydrogens is 498 g/mol. The third-order valence-corrected chi connectivity index (χ3v) is 6.90. The lowest BCUT2D eigenvalue weighted by Gasteiger charge is -2.28. The second-order valence-corrected chi connectivity index (χ2v) is 11.6. The van der Waals surface area contributed by atoms with Crippen LogP contribution in [0.1, 0.15) is 62.9 Å². The quantitative estimate of drug-likeness (QED) is 0.202. The van der Waals surface area contributed by atoms with Crippen molar-refractivity contribution in [1.29, 1.82) is 0 Å². The largest absolute Gasteiger partial charge is 0.507 e. The SMILES string of the molecule is Cc1cc(Cl)ccc1N1C(=O)C(=O)/C(=C(/O)c2ccc(OCC(C)C)cc2)C1c1ccc(C(C)(C)C)cc1. The van der Waals surface area contributed by atoms with Crippen LogP contribution in [-0.4, -0.2) is 23.4 Å². The number of aliphatic hydroxyl groups is 1. The minimum absolute atomic E-state index is 0.0451. The number of ketones is 1. The van der Waals surface area contributed by atoms with Gasteiger partial charge in [-0.15, -0.1) is 0 Å². The maximum atomic E-state index is 13.5. The highest BCUT2D eigenvalue weighted by atomic mass is 35.5. The number of anilines is 1. The molecule has 5 nitrogen and oxygen atoms in total. The van der Waals surface area contributed by atoms with Gasteiger partial charge in [0.2, 0.25) is 0 Å². The molecule has 1 aliphatic heterocycles. The molecule has 0 aromatic heterocycles. The third-order valence-electron chi connectivity index (χ3n) is 6.67. The number of ether oxygens (including phenoxy) is 1. The molecule has 1 fully saturated rings. The first-order valence-electron chi connectivity index (χ1n) is 12.8. The summed E-state index contributed by atoms with van der Waals surface area (Å²) in [6.45, 7) is 12.9. The number of carbonyl (C=O) groups is 2. The molecule has 0 radical (unpaired) electrons. The second-order valence-electron chi connectivity index (χ2n) is 11.2. The Morgan fingerprint density at radius 2 is 1.63 bits per heavy atom. The molecule has 1 aliphatic rings. The van der Waals surface area contributed by atoms with Crippen LogP contribution in [-0.2, 0) is 15.0 Å². The van der Waals surface area contributed by atoms with Crippen molar-refractivity contribution in [1.82, 2.24) is 0 Å². The fourth-order valence-corrected chi connectivity index (χ4v) is 4.81. The van der Waals surface area contributed by atoms with E-state index in [0.717, 1.165) is 16.7 Å². The highest BCUT2D eigenvalue weighted by molar-refractivity contribution is 6.51. The number of amides is 1. The van der Waals surface area contributed by atoms with Crippen LogP contribution in [0.25, 0.3) is 5.76 Å². The molecule has 1 unspecified atom stereocenters. The first-order valence-corrected chi connectivity index (χ1v) is 13.2. The number of hydrogen-bond acceptors (Lipinski definition) is 4. The van der Waals surface area contributed by atoms with E-state index in [1.165, 1.54) is 4.90 Å². The summed E-state index contributed by atoms with van der Waals surface area (Å²) in [4.78, 5) is 28.4. The van der Waals surface area contributed by atoms with Crippen molar-refractivity contribution in [2.45, 2.75) is 53.0 Å². The number of Topliss-reactive ketones (excluding diaryl/α,β-unsaturated/α-hetero) is 1. The number of halogens is 1. The summed E-state index contributed by atoms with van der Waals surface area (Å²) in [6, 6.07) is 19.1. The van der Waals surface area contributed by atoms with E-state index in [1.54, 1.807) is 42.5 Å². The van der Waals surface area contributed by atoms with Crippen LogP contribution in [0.5, 0.6) is 5.75 Å². The summed E-state index contributed by atoms with van der Waals surface area (Å²) in [7, 11) is 0. The maximum absolute atomic E-state index is 13.5. The molecule has 1 atom stereocenters. The van der Waals surface area contributed by atoms with Crippen LogP contribution in [0.2, 0.25) is 5.02 Å². The van der Waals surface area contributed by atoms with E-state index in [1.807, 2.05) is 31.2 Å². The van der Waals surface area contributed by atoms with E-state index in [2.05, 4.69) is 34.6 Å². The van der Waals surface area contributed by atoms with Crippen molar-refractivity contribution in [3.8, 4) is 5.75 Å². The van der Waals surface area contributed by atoms with Crippen molar-refractivity contribution >= 4 is 34.7 Å². The zero-order valence-electron chi connectivity index (χ0n) is 22.7. The highest BCUT2D eigenvalue weighted by Crippen LogP contribution is 2.44. The van der Waals surface area contributed by atoms with Gasteiger partial charge in [0, 0.05) is 16.3 Å². The summed E-state index contributed by atoms with van der Waals surface area (Å²) in [5.74, 6) is -0.611. The lowest BCUT2D eigenvalue weighted by atomic mass is 9.85. The van der Waals surface area contributed by atoms with Gasteiger partial charge in [0.1, 0.15) is 11.5 Å². The molecule has 1 heterocycles. The van der Waals surface area contributed by atoms with E-state index in [4.69, 9.17) is 16.3 Å². The van der Waals surface area contributed by atoms with Crippen molar-refractivity contribution < 1.29 is 19.4 Å². The van der Waals surface area contributed by atoms with Crippen LogP contribution in [0.4, 0.5) is 5.69 Å². The van der Waals surface area contributed by atoms with Gasteiger partial charge in [-0.25, -0.2) is 0 Å². The lowest BCUT2D eigenvalue weighted by molar-refractivity contribution is -0.132. The zero-order chi connectivity index (χ0) is 27.8. The second kappa shape index (κ2) is 10.7. The van der Waals surface area contributed by atoms with Crippen LogP contribution < -0.4 is 9.64 Å². The molecule has 3 aromatic rings. The van der Waals surface area contributed by atoms with Gasteiger partial charge in [-0.3, -0.25) is 14.5 Å². The third kappa shape index (κ3) is 5.48.